The highest BCUT2D eigenvalue weighted by atomic mass is 32.1. The summed E-state index contributed by atoms with van der Waals surface area (Å²) in [5.41, 5.74) is 0.974. The maximum Gasteiger partial charge on any atom is 0.0897 e. The van der Waals surface area contributed by atoms with E-state index in [9.17, 15) is 5.11 Å². The van der Waals surface area contributed by atoms with Gasteiger partial charge < -0.3 is 9.84 Å². The molecule has 1 aliphatic heterocycles. The predicted molar refractivity (Wildman–Crippen MR) is 87.9 cm³/mol. The van der Waals surface area contributed by atoms with Gasteiger partial charge in [-0.1, -0.05) is 30.3 Å². The highest BCUT2D eigenvalue weighted by Crippen LogP contribution is 2.24. The van der Waals surface area contributed by atoms with Crippen molar-refractivity contribution in [3.8, 4) is 0 Å². The van der Waals surface area contributed by atoms with Gasteiger partial charge in [-0.3, -0.25) is 4.90 Å². The van der Waals surface area contributed by atoms with Gasteiger partial charge in [-0.2, -0.15) is 0 Å². The molecule has 0 saturated carbocycles. The highest BCUT2D eigenvalue weighted by Gasteiger charge is 2.26. The lowest BCUT2D eigenvalue weighted by Crippen LogP contribution is -2.45. The topological polar surface area (TPSA) is 45.6 Å². The van der Waals surface area contributed by atoms with Gasteiger partial charge in [0, 0.05) is 30.2 Å². The van der Waals surface area contributed by atoms with Crippen LogP contribution < -0.4 is 0 Å². The van der Waals surface area contributed by atoms with Crippen LogP contribution in [0.1, 0.15) is 28.0 Å². The molecule has 2 heterocycles. The minimum atomic E-state index is -0.446. The molecular weight excluding hydrogens is 296 g/mol. The molecule has 0 radical (unpaired) electrons. The second-order valence-electron chi connectivity index (χ2n) is 5.71. The van der Waals surface area contributed by atoms with Crippen molar-refractivity contribution < 1.29 is 9.84 Å². The van der Waals surface area contributed by atoms with E-state index in [2.05, 4.69) is 9.88 Å². The molecule has 22 heavy (non-hydrogen) atoms. The molecule has 1 aromatic heterocycles. The van der Waals surface area contributed by atoms with Crippen LogP contribution in [0.4, 0.5) is 0 Å². The first kappa shape index (κ1) is 15.6. The fourth-order valence-corrected chi connectivity index (χ4v) is 3.68. The van der Waals surface area contributed by atoms with Gasteiger partial charge in [-0.05, 0) is 18.9 Å². The largest absolute Gasteiger partial charge is 0.388 e. The van der Waals surface area contributed by atoms with Gasteiger partial charge in [0.15, 0.2) is 0 Å². The van der Waals surface area contributed by atoms with E-state index in [1.807, 2.05) is 43.5 Å². The molecule has 1 aromatic carbocycles. The Labute approximate surface area is 135 Å². The van der Waals surface area contributed by atoms with Gasteiger partial charge in [0.25, 0.3) is 0 Å². The summed E-state index contributed by atoms with van der Waals surface area (Å²) in [7, 11) is 0. The van der Waals surface area contributed by atoms with Crippen LogP contribution in [0.15, 0.2) is 36.5 Å². The molecule has 1 N–H and O–H groups in total. The molecule has 0 spiro atoms. The Hall–Kier alpha value is -1.27. The van der Waals surface area contributed by atoms with Crippen molar-refractivity contribution in [3.05, 3.63) is 52.0 Å². The molecule has 0 aliphatic carbocycles. The number of nitrogens with zero attached hydrogens (tertiary/aromatic N) is 2. The Morgan fingerprint density at radius 3 is 2.95 bits per heavy atom. The molecule has 0 bridgehead atoms. The van der Waals surface area contributed by atoms with E-state index < -0.39 is 6.10 Å². The van der Waals surface area contributed by atoms with Crippen molar-refractivity contribution in [1.82, 2.24) is 9.88 Å². The number of ether oxygens (including phenoxy) is 1. The van der Waals surface area contributed by atoms with Crippen LogP contribution in [0.2, 0.25) is 0 Å². The molecule has 3 rings (SSSR count). The SMILES string of the molecule is Cc1ncc(CN2CCOCC2CC(O)c2ccccc2)s1. The summed E-state index contributed by atoms with van der Waals surface area (Å²) in [5, 5.41) is 11.6. The van der Waals surface area contributed by atoms with Gasteiger partial charge in [0.2, 0.25) is 0 Å². The Kier molecular flexibility index (Phi) is 5.20. The highest BCUT2D eigenvalue weighted by molar-refractivity contribution is 7.11. The second kappa shape index (κ2) is 7.33. The van der Waals surface area contributed by atoms with Gasteiger partial charge >= 0.3 is 0 Å². The van der Waals surface area contributed by atoms with Gasteiger partial charge in [0.1, 0.15) is 0 Å². The summed E-state index contributed by atoms with van der Waals surface area (Å²) in [6, 6.07) is 10.1. The average molecular weight is 318 g/mol. The van der Waals surface area contributed by atoms with Crippen molar-refractivity contribution in [2.24, 2.45) is 0 Å². The number of aliphatic hydroxyl groups is 1. The van der Waals surface area contributed by atoms with Crippen molar-refractivity contribution in [3.63, 3.8) is 0 Å². The molecule has 1 saturated heterocycles. The third-order valence-corrected chi connectivity index (χ3v) is 4.95. The molecule has 2 atom stereocenters. The number of morpholine rings is 1. The molecule has 1 fully saturated rings. The Balaban J connectivity index is 1.64. The standard InChI is InChI=1S/C17H22N2O2S/c1-13-18-10-16(22-13)11-19-7-8-21-12-15(19)9-17(20)14-5-3-2-4-6-14/h2-6,10,15,17,20H,7-9,11-12H2,1H3. The fraction of sp³-hybridized carbons (Fsp3) is 0.471. The van der Waals surface area contributed by atoms with Crippen LogP contribution in [0, 0.1) is 6.92 Å². The zero-order valence-electron chi connectivity index (χ0n) is 12.8. The van der Waals surface area contributed by atoms with E-state index in [-0.39, 0.29) is 6.04 Å². The molecule has 1 aliphatic rings. The smallest absolute Gasteiger partial charge is 0.0897 e. The first-order valence-corrected chi connectivity index (χ1v) is 8.50. The number of aryl methyl sites for hydroxylation is 1. The number of rotatable bonds is 5. The van der Waals surface area contributed by atoms with Crippen molar-refractivity contribution >= 4 is 11.3 Å². The monoisotopic (exact) mass is 318 g/mol. The summed E-state index contributed by atoms with van der Waals surface area (Å²) in [6.07, 6.45) is 2.21. The normalized spacial score (nSPS) is 20.9. The third kappa shape index (κ3) is 3.93. The number of benzene rings is 1. The van der Waals surface area contributed by atoms with Crippen molar-refractivity contribution in [2.45, 2.75) is 32.0 Å². The zero-order valence-corrected chi connectivity index (χ0v) is 13.6. The number of thiazole rings is 1. The third-order valence-electron chi connectivity index (χ3n) is 4.06. The first-order valence-electron chi connectivity index (χ1n) is 7.68. The average Bonchev–Trinajstić information content (AvgIpc) is 2.95. The molecule has 4 nitrogen and oxygen atoms in total. The number of hydrogen-bond acceptors (Lipinski definition) is 5. The lowest BCUT2D eigenvalue weighted by Gasteiger charge is -2.36. The van der Waals surface area contributed by atoms with E-state index in [0.29, 0.717) is 13.0 Å². The Bertz CT molecular complexity index is 587. The summed E-state index contributed by atoms with van der Waals surface area (Å²) >= 11 is 1.74. The Morgan fingerprint density at radius 2 is 2.23 bits per heavy atom. The van der Waals surface area contributed by atoms with E-state index >= 15 is 0 Å². The maximum absolute atomic E-state index is 10.5. The minimum absolute atomic E-state index is 0.242. The summed E-state index contributed by atoms with van der Waals surface area (Å²) in [5.74, 6) is 0. The minimum Gasteiger partial charge on any atom is -0.388 e. The van der Waals surface area contributed by atoms with Crippen LogP contribution in [0.3, 0.4) is 0 Å². The quantitative estimate of drug-likeness (QED) is 0.921. The lowest BCUT2D eigenvalue weighted by molar-refractivity contribution is -0.0296. The second-order valence-corrected chi connectivity index (χ2v) is 7.03. The summed E-state index contributed by atoms with van der Waals surface area (Å²) in [4.78, 5) is 8.01. The Morgan fingerprint density at radius 1 is 1.41 bits per heavy atom. The number of aliphatic hydroxyl groups excluding tert-OH is 1. The molecule has 118 valence electrons. The van der Waals surface area contributed by atoms with Gasteiger partial charge in [0.05, 0.1) is 24.3 Å². The molecule has 0 amide bonds. The van der Waals surface area contributed by atoms with Gasteiger partial charge in [-0.25, -0.2) is 4.98 Å². The zero-order chi connectivity index (χ0) is 15.4. The van der Waals surface area contributed by atoms with Crippen molar-refractivity contribution in [2.75, 3.05) is 19.8 Å². The summed E-state index contributed by atoms with van der Waals surface area (Å²) < 4.78 is 5.63. The van der Waals surface area contributed by atoms with Gasteiger partial charge in [-0.15, -0.1) is 11.3 Å². The van der Waals surface area contributed by atoms with E-state index in [1.165, 1.54) is 4.88 Å². The van der Waals surface area contributed by atoms with Crippen LogP contribution in [0.25, 0.3) is 0 Å². The predicted octanol–water partition coefficient (Wildman–Crippen LogP) is 2.78. The van der Waals surface area contributed by atoms with Crippen molar-refractivity contribution in [1.29, 1.82) is 0 Å². The maximum atomic E-state index is 10.5. The molecule has 2 aromatic rings. The summed E-state index contributed by atoms with van der Waals surface area (Å²) in [6.45, 7) is 5.27. The molecule has 2 unspecified atom stereocenters. The van der Waals surface area contributed by atoms with E-state index in [0.717, 1.165) is 30.3 Å². The number of aromatic nitrogens is 1. The lowest BCUT2D eigenvalue weighted by atomic mass is 10.0. The van der Waals surface area contributed by atoms with E-state index in [4.69, 9.17) is 4.74 Å². The molecule has 5 heteroatoms. The number of hydrogen-bond donors (Lipinski definition) is 1. The first-order chi connectivity index (χ1) is 10.7. The van der Waals surface area contributed by atoms with Crippen LogP contribution in [-0.4, -0.2) is 40.8 Å². The van der Waals surface area contributed by atoms with Crippen LogP contribution in [0.5, 0.6) is 0 Å². The van der Waals surface area contributed by atoms with Crippen LogP contribution >= 0.6 is 11.3 Å². The van der Waals surface area contributed by atoms with Crippen LogP contribution in [-0.2, 0) is 11.3 Å². The van der Waals surface area contributed by atoms with E-state index in [1.54, 1.807) is 11.3 Å². The fourth-order valence-electron chi connectivity index (χ4n) is 2.86. The molecular formula is C17H22N2O2S.